The topological polar surface area (TPSA) is 117 Å². The van der Waals surface area contributed by atoms with Gasteiger partial charge in [0.05, 0.1) is 10.6 Å². The zero-order valence-corrected chi connectivity index (χ0v) is 21.8. The molecule has 6 rings (SSSR count). The SMILES string of the molecule is O=C1NC(=O)/C(=C\c2cc(OCc3ccccc3)nc(N3CC4CN(C(=O)Nc5ccccc5)CC4C3)n2)S1. The third kappa shape index (κ3) is 5.73. The number of amides is 4. The summed E-state index contributed by atoms with van der Waals surface area (Å²) in [5.74, 6) is 1.02. The predicted octanol–water partition coefficient (Wildman–Crippen LogP) is 3.98. The van der Waals surface area contributed by atoms with Gasteiger partial charge in [0, 0.05) is 49.8 Å². The van der Waals surface area contributed by atoms with Gasteiger partial charge >= 0.3 is 6.03 Å². The molecule has 39 heavy (non-hydrogen) atoms. The Morgan fingerprint density at radius 2 is 1.69 bits per heavy atom. The van der Waals surface area contributed by atoms with Crippen molar-refractivity contribution in [1.29, 1.82) is 0 Å². The summed E-state index contributed by atoms with van der Waals surface area (Å²) in [6.07, 6.45) is 1.58. The van der Waals surface area contributed by atoms with E-state index in [-0.39, 0.29) is 10.9 Å². The Kier molecular flexibility index (Phi) is 6.89. The quantitative estimate of drug-likeness (QED) is 0.450. The minimum absolute atomic E-state index is 0.0921. The molecule has 4 amide bonds. The number of hydrogen-bond donors (Lipinski definition) is 2. The van der Waals surface area contributed by atoms with Crippen LogP contribution in [0.1, 0.15) is 11.3 Å². The van der Waals surface area contributed by atoms with E-state index >= 15 is 0 Å². The molecule has 2 aromatic carbocycles. The van der Waals surface area contributed by atoms with Crippen molar-refractivity contribution in [1.82, 2.24) is 20.2 Å². The van der Waals surface area contributed by atoms with Crippen molar-refractivity contribution in [3.63, 3.8) is 0 Å². The highest BCUT2D eigenvalue weighted by Crippen LogP contribution is 2.34. The van der Waals surface area contributed by atoms with Gasteiger partial charge in [0.2, 0.25) is 11.8 Å². The zero-order chi connectivity index (χ0) is 26.8. The van der Waals surface area contributed by atoms with Gasteiger partial charge in [-0.3, -0.25) is 14.9 Å². The molecule has 2 atom stereocenters. The Morgan fingerprint density at radius 1 is 1.00 bits per heavy atom. The number of thioether (sulfide) groups is 1. The van der Waals surface area contributed by atoms with Crippen molar-refractivity contribution in [2.45, 2.75) is 6.61 Å². The van der Waals surface area contributed by atoms with E-state index in [1.165, 1.54) is 0 Å². The Morgan fingerprint density at radius 3 is 2.36 bits per heavy atom. The first-order chi connectivity index (χ1) is 19.0. The second-order valence-electron chi connectivity index (χ2n) is 9.68. The monoisotopic (exact) mass is 542 g/mol. The van der Waals surface area contributed by atoms with Crippen molar-refractivity contribution in [2.24, 2.45) is 11.8 Å². The molecule has 0 spiro atoms. The van der Waals surface area contributed by atoms with Crippen LogP contribution in [0.3, 0.4) is 0 Å². The molecule has 3 aliphatic heterocycles. The van der Waals surface area contributed by atoms with Crippen LogP contribution in [0.15, 0.2) is 71.6 Å². The number of imide groups is 1. The summed E-state index contributed by atoms with van der Waals surface area (Å²) >= 11 is 0.843. The number of ether oxygens (including phenoxy) is 1. The van der Waals surface area contributed by atoms with Crippen molar-refractivity contribution in [3.05, 3.63) is 82.9 Å². The smallest absolute Gasteiger partial charge is 0.321 e. The Balaban J connectivity index is 1.17. The molecule has 198 valence electrons. The van der Waals surface area contributed by atoms with Crippen LogP contribution in [-0.2, 0) is 11.4 Å². The van der Waals surface area contributed by atoms with Gasteiger partial charge in [-0.25, -0.2) is 9.78 Å². The lowest BCUT2D eigenvalue weighted by Crippen LogP contribution is -2.36. The summed E-state index contributed by atoms with van der Waals surface area (Å²) in [5.41, 5.74) is 2.26. The molecule has 0 radical (unpaired) electrons. The number of urea groups is 1. The molecule has 0 aliphatic carbocycles. The number of nitrogens with zero attached hydrogens (tertiary/aromatic N) is 4. The van der Waals surface area contributed by atoms with E-state index in [9.17, 15) is 14.4 Å². The molecule has 2 N–H and O–H groups in total. The Labute approximate surface area is 229 Å². The number of carbonyl (C=O) groups is 3. The summed E-state index contributed by atoms with van der Waals surface area (Å²) in [7, 11) is 0. The van der Waals surface area contributed by atoms with Gasteiger partial charge < -0.3 is 19.9 Å². The predicted molar refractivity (Wildman–Crippen MR) is 148 cm³/mol. The fourth-order valence-electron chi connectivity index (χ4n) is 5.05. The molecule has 0 saturated carbocycles. The van der Waals surface area contributed by atoms with Crippen molar-refractivity contribution >= 4 is 46.7 Å². The standard InChI is InChI=1S/C28H26N6O4S/c35-25-23(39-28(37)32-25)11-22-12-24(38-17-18-7-3-1-4-8-18)31-26(29-22)33-13-19-15-34(16-20(19)14-33)27(36)30-21-9-5-2-6-10-21/h1-12,19-20H,13-17H2,(H,30,36)(H,32,35,37)/b23-11+. The number of para-hydroxylation sites is 1. The summed E-state index contributed by atoms with van der Waals surface area (Å²) < 4.78 is 6.00. The number of benzene rings is 2. The van der Waals surface area contributed by atoms with Crippen LogP contribution in [0.2, 0.25) is 0 Å². The number of aromatic nitrogens is 2. The van der Waals surface area contributed by atoms with Crippen LogP contribution in [0.5, 0.6) is 5.88 Å². The van der Waals surface area contributed by atoms with Gasteiger partial charge in [-0.05, 0) is 35.5 Å². The fourth-order valence-corrected chi connectivity index (χ4v) is 5.72. The molecular formula is C28H26N6O4S. The number of nitrogens with one attached hydrogen (secondary N) is 2. The van der Waals surface area contributed by atoms with Crippen LogP contribution < -0.4 is 20.3 Å². The first kappa shape index (κ1) is 24.9. The largest absolute Gasteiger partial charge is 0.473 e. The van der Waals surface area contributed by atoms with Crippen molar-refractivity contribution < 1.29 is 19.1 Å². The van der Waals surface area contributed by atoms with Crippen molar-refractivity contribution in [3.8, 4) is 5.88 Å². The molecule has 1 aromatic heterocycles. The molecule has 2 unspecified atom stereocenters. The third-order valence-electron chi connectivity index (χ3n) is 6.94. The molecular weight excluding hydrogens is 516 g/mol. The molecule has 3 saturated heterocycles. The molecule has 4 heterocycles. The minimum atomic E-state index is -0.443. The van der Waals surface area contributed by atoms with Gasteiger partial charge in [0.1, 0.15) is 6.61 Å². The number of rotatable bonds is 6. The number of fused-ring (bicyclic) bond motifs is 1. The van der Waals surface area contributed by atoms with Gasteiger partial charge in [-0.15, -0.1) is 0 Å². The third-order valence-corrected chi connectivity index (χ3v) is 7.75. The van der Waals surface area contributed by atoms with Crippen LogP contribution in [0.25, 0.3) is 6.08 Å². The lowest BCUT2D eigenvalue weighted by molar-refractivity contribution is -0.115. The molecule has 10 nitrogen and oxygen atoms in total. The van der Waals surface area contributed by atoms with Crippen molar-refractivity contribution in [2.75, 3.05) is 36.4 Å². The van der Waals surface area contributed by atoms with Gasteiger partial charge in [0.25, 0.3) is 11.1 Å². The van der Waals surface area contributed by atoms with Gasteiger partial charge in [-0.1, -0.05) is 48.5 Å². The highest BCUT2D eigenvalue weighted by atomic mass is 32.2. The molecule has 0 bridgehead atoms. The first-order valence-corrected chi connectivity index (χ1v) is 13.5. The Bertz CT molecular complexity index is 1420. The van der Waals surface area contributed by atoms with Crippen LogP contribution in [-0.4, -0.2) is 58.2 Å². The van der Waals surface area contributed by atoms with E-state index in [2.05, 4.69) is 20.5 Å². The lowest BCUT2D eigenvalue weighted by atomic mass is 10.0. The zero-order valence-electron chi connectivity index (χ0n) is 20.9. The van der Waals surface area contributed by atoms with E-state index in [0.29, 0.717) is 62.1 Å². The maximum atomic E-state index is 12.8. The van der Waals surface area contributed by atoms with Crippen LogP contribution >= 0.6 is 11.8 Å². The normalized spacial score (nSPS) is 21.3. The van der Waals surface area contributed by atoms with Gasteiger partial charge in [-0.2, -0.15) is 4.98 Å². The average molecular weight is 543 g/mol. The summed E-state index contributed by atoms with van der Waals surface area (Å²) in [6, 6.07) is 20.8. The van der Waals surface area contributed by atoms with E-state index in [1.807, 2.05) is 65.6 Å². The molecule has 11 heteroatoms. The van der Waals surface area contributed by atoms with Gasteiger partial charge in [0.15, 0.2) is 0 Å². The summed E-state index contributed by atoms with van der Waals surface area (Å²) in [4.78, 5) is 50.1. The second-order valence-corrected chi connectivity index (χ2v) is 10.7. The van der Waals surface area contributed by atoms with E-state index in [0.717, 1.165) is 23.0 Å². The van der Waals surface area contributed by atoms with E-state index in [1.54, 1.807) is 12.1 Å². The summed E-state index contributed by atoms with van der Waals surface area (Å²) in [5, 5.41) is 4.83. The number of anilines is 2. The summed E-state index contributed by atoms with van der Waals surface area (Å²) in [6.45, 7) is 3.04. The van der Waals surface area contributed by atoms with Crippen LogP contribution in [0.4, 0.5) is 21.2 Å². The second kappa shape index (κ2) is 10.8. The molecule has 3 fully saturated rings. The highest BCUT2D eigenvalue weighted by Gasteiger charge is 2.42. The van der Waals surface area contributed by atoms with E-state index in [4.69, 9.17) is 9.72 Å². The number of likely N-dealkylation sites (tertiary alicyclic amines) is 1. The molecule has 3 aliphatic rings. The van der Waals surface area contributed by atoms with Crippen LogP contribution in [0, 0.1) is 11.8 Å². The minimum Gasteiger partial charge on any atom is -0.473 e. The first-order valence-electron chi connectivity index (χ1n) is 12.7. The lowest BCUT2D eigenvalue weighted by Gasteiger charge is -2.22. The van der Waals surface area contributed by atoms with E-state index < -0.39 is 11.1 Å². The average Bonchev–Trinajstić information content (AvgIpc) is 3.61. The number of hydrogen-bond acceptors (Lipinski definition) is 8. The maximum absolute atomic E-state index is 12.8. The highest BCUT2D eigenvalue weighted by molar-refractivity contribution is 8.18. The fraction of sp³-hybridized carbons (Fsp3) is 0.250. The molecule has 3 aromatic rings. The Hall–Kier alpha value is -4.38. The number of carbonyl (C=O) groups excluding carboxylic acids is 3. The maximum Gasteiger partial charge on any atom is 0.321 e.